The lowest BCUT2D eigenvalue weighted by Gasteiger charge is -2.33. The van der Waals surface area contributed by atoms with Gasteiger partial charge < -0.3 is 24.3 Å². The molecule has 0 radical (unpaired) electrons. The van der Waals surface area contributed by atoms with E-state index in [9.17, 15) is 4.79 Å². The molecule has 0 spiro atoms. The van der Waals surface area contributed by atoms with E-state index in [0.29, 0.717) is 51.1 Å². The van der Waals surface area contributed by atoms with Crippen molar-refractivity contribution in [2.45, 2.75) is 13.5 Å². The summed E-state index contributed by atoms with van der Waals surface area (Å²) in [6, 6.07) is 3.72. The summed E-state index contributed by atoms with van der Waals surface area (Å²) in [5.74, 6) is 1.99. The van der Waals surface area contributed by atoms with Crippen molar-refractivity contribution in [2.24, 2.45) is 0 Å². The zero-order valence-electron chi connectivity index (χ0n) is 13.5. The molecule has 0 unspecified atom stereocenters. The van der Waals surface area contributed by atoms with E-state index in [1.807, 2.05) is 17.0 Å². The molecule has 1 N–H and O–H groups in total. The molecular weight excluding hydrogens is 312 g/mol. The van der Waals surface area contributed by atoms with E-state index >= 15 is 0 Å². The summed E-state index contributed by atoms with van der Waals surface area (Å²) in [5.41, 5.74) is 0. The molecule has 0 saturated carbocycles. The van der Waals surface area contributed by atoms with Gasteiger partial charge in [-0.25, -0.2) is 4.79 Å². The number of aromatic nitrogens is 3. The molecule has 3 heterocycles. The van der Waals surface area contributed by atoms with Crippen LogP contribution < -0.4 is 10.2 Å². The minimum Gasteiger partial charge on any atom is -0.467 e. The third-order valence-electron chi connectivity index (χ3n) is 3.66. The minimum absolute atomic E-state index is 0.273. The standard InChI is InChI=1S/C15H20N6O3/c1-2-23-15(22)21-7-5-20(6-8-21)14-18-13(11-17-19-14)16-10-12-4-3-9-24-12/h3-4,9,11H,2,5-8,10H2,1H3,(H,16,18,19). The molecular formula is C15H20N6O3. The molecule has 128 valence electrons. The average molecular weight is 332 g/mol. The molecule has 1 fully saturated rings. The Morgan fingerprint density at radius 2 is 2.21 bits per heavy atom. The molecule has 0 atom stereocenters. The number of carbonyl (C=O) groups is 1. The number of ether oxygens (including phenoxy) is 1. The Morgan fingerprint density at radius 3 is 2.92 bits per heavy atom. The summed E-state index contributed by atoms with van der Waals surface area (Å²) < 4.78 is 10.3. The number of nitrogens with one attached hydrogen (secondary N) is 1. The fraction of sp³-hybridized carbons (Fsp3) is 0.467. The third kappa shape index (κ3) is 3.92. The first kappa shape index (κ1) is 16.0. The number of piperazine rings is 1. The fourth-order valence-electron chi connectivity index (χ4n) is 2.41. The van der Waals surface area contributed by atoms with Gasteiger partial charge in [0.05, 0.1) is 25.6 Å². The van der Waals surface area contributed by atoms with Gasteiger partial charge in [-0.3, -0.25) is 0 Å². The maximum atomic E-state index is 11.7. The van der Waals surface area contributed by atoms with Gasteiger partial charge in [-0.05, 0) is 19.1 Å². The van der Waals surface area contributed by atoms with Crippen LogP contribution in [0, 0.1) is 0 Å². The molecule has 24 heavy (non-hydrogen) atoms. The van der Waals surface area contributed by atoms with Gasteiger partial charge in [-0.15, -0.1) is 5.10 Å². The van der Waals surface area contributed by atoms with E-state index in [1.54, 1.807) is 24.3 Å². The Morgan fingerprint density at radius 1 is 1.38 bits per heavy atom. The minimum atomic E-state index is -0.273. The molecule has 1 amide bonds. The summed E-state index contributed by atoms with van der Waals surface area (Å²) in [6.07, 6.45) is 2.93. The Hall–Kier alpha value is -2.84. The second kappa shape index (κ2) is 7.62. The largest absolute Gasteiger partial charge is 0.467 e. The fourth-order valence-corrected chi connectivity index (χ4v) is 2.41. The Kier molecular flexibility index (Phi) is 5.09. The zero-order valence-corrected chi connectivity index (χ0v) is 13.5. The van der Waals surface area contributed by atoms with E-state index in [0.717, 1.165) is 5.76 Å². The van der Waals surface area contributed by atoms with Crippen LogP contribution in [0.15, 0.2) is 29.0 Å². The van der Waals surface area contributed by atoms with Crippen molar-refractivity contribution in [3.05, 3.63) is 30.4 Å². The maximum Gasteiger partial charge on any atom is 0.409 e. The molecule has 0 bridgehead atoms. The van der Waals surface area contributed by atoms with Crippen LogP contribution in [0.1, 0.15) is 12.7 Å². The van der Waals surface area contributed by atoms with Crippen LogP contribution in [0.3, 0.4) is 0 Å². The SMILES string of the molecule is CCOC(=O)N1CCN(c2nncc(NCc3ccco3)n2)CC1. The number of nitrogens with zero attached hydrogens (tertiary/aromatic N) is 5. The van der Waals surface area contributed by atoms with Crippen LogP contribution in [0.25, 0.3) is 0 Å². The molecule has 1 aliphatic rings. The van der Waals surface area contributed by atoms with Crippen molar-refractivity contribution in [3.8, 4) is 0 Å². The summed E-state index contributed by atoms with van der Waals surface area (Å²) in [4.78, 5) is 19.9. The predicted molar refractivity (Wildman–Crippen MR) is 86.7 cm³/mol. The number of carbonyl (C=O) groups excluding carboxylic acids is 1. The van der Waals surface area contributed by atoms with Crippen molar-refractivity contribution in [2.75, 3.05) is 43.0 Å². The molecule has 1 saturated heterocycles. The number of furan rings is 1. The van der Waals surface area contributed by atoms with Crippen LogP contribution >= 0.6 is 0 Å². The molecule has 3 rings (SSSR count). The Balaban J connectivity index is 1.55. The van der Waals surface area contributed by atoms with Crippen LogP contribution in [0.5, 0.6) is 0 Å². The lowest BCUT2D eigenvalue weighted by Crippen LogP contribution is -2.49. The van der Waals surface area contributed by atoms with Crippen molar-refractivity contribution < 1.29 is 13.9 Å². The molecule has 0 aromatic carbocycles. The molecule has 9 heteroatoms. The van der Waals surface area contributed by atoms with E-state index in [2.05, 4.69) is 20.5 Å². The summed E-state index contributed by atoms with van der Waals surface area (Å²) >= 11 is 0. The first-order chi connectivity index (χ1) is 11.8. The summed E-state index contributed by atoms with van der Waals surface area (Å²) in [7, 11) is 0. The van der Waals surface area contributed by atoms with Crippen molar-refractivity contribution in [3.63, 3.8) is 0 Å². The quantitative estimate of drug-likeness (QED) is 0.876. The molecule has 9 nitrogen and oxygen atoms in total. The van der Waals surface area contributed by atoms with Gasteiger partial charge in [0, 0.05) is 26.2 Å². The number of amides is 1. The maximum absolute atomic E-state index is 11.7. The smallest absolute Gasteiger partial charge is 0.409 e. The van der Waals surface area contributed by atoms with Crippen LogP contribution in [-0.4, -0.2) is 59.0 Å². The van der Waals surface area contributed by atoms with Crippen molar-refractivity contribution in [1.82, 2.24) is 20.1 Å². The highest BCUT2D eigenvalue weighted by molar-refractivity contribution is 5.68. The lowest BCUT2D eigenvalue weighted by atomic mass is 10.3. The average Bonchev–Trinajstić information content (AvgIpc) is 3.14. The number of hydrogen-bond acceptors (Lipinski definition) is 8. The van der Waals surface area contributed by atoms with Crippen molar-refractivity contribution in [1.29, 1.82) is 0 Å². The van der Waals surface area contributed by atoms with E-state index < -0.39 is 0 Å². The highest BCUT2D eigenvalue weighted by Crippen LogP contribution is 2.13. The second-order valence-electron chi connectivity index (χ2n) is 5.25. The van der Waals surface area contributed by atoms with E-state index in [4.69, 9.17) is 9.15 Å². The number of hydrogen-bond donors (Lipinski definition) is 1. The van der Waals surface area contributed by atoms with Gasteiger partial charge in [-0.1, -0.05) is 0 Å². The first-order valence-electron chi connectivity index (χ1n) is 7.89. The van der Waals surface area contributed by atoms with Gasteiger partial charge in [-0.2, -0.15) is 10.1 Å². The van der Waals surface area contributed by atoms with Gasteiger partial charge in [0.2, 0.25) is 5.95 Å². The van der Waals surface area contributed by atoms with Crippen LogP contribution in [0.4, 0.5) is 16.6 Å². The number of anilines is 2. The summed E-state index contributed by atoms with van der Waals surface area (Å²) in [6.45, 7) is 5.15. The molecule has 2 aromatic heterocycles. The van der Waals surface area contributed by atoms with Gasteiger partial charge in [0.1, 0.15) is 5.76 Å². The van der Waals surface area contributed by atoms with E-state index in [1.165, 1.54) is 0 Å². The first-order valence-corrected chi connectivity index (χ1v) is 7.89. The van der Waals surface area contributed by atoms with Crippen LogP contribution in [-0.2, 0) is 11.3 Å². The van der Waals surface area contributed by atoms with Gasteiger partial charge >= 0.3 is 6.09 Å². The second-order valence-corrected chi connectivity index (χ2v) is 5.25. The monoisotopic (exact) mass is 332 g/mol. The van der Waals surface area contributed by atoms with Crippen molar-refractivity contribution >= 4 is 17.9 Å². The topological polar surface area (TPSA) is 96.6 Å². The van der Waals surface area contributed by atoms with Crippen LogP contribution in [0.2, 0.25) is 0 Å². The molecule has 0 aliphatic carbocycles. The molecule has 2 aromatic rings. The Bertz CT molecular complexity index is 655. The van der Waals surface area contributed by atoms with Gasteiger partial charge in [0.15, 0.2) is 5.82 Å². The molecule has 1 aliphatic heterocycles. The Labute approximate surface area is 139 Å². The van der Waals surface area contributed by atoms with E-state index in [-0.39, 0.29) is 6.09 Å². The van der Waals surface area contributed by atoms with Gasteiger partial charge in [0.25, 0.3) is 0 Å². The third-order valence-corrected chi connectivity index (χ3v) is 3.66. The zero-order chi connectivity index (χ0) is 16.8. The number of rotatable bonds is 5. The lowest BCUT2D eigenvalue weighted by molar-refractivity contribution is 0.105. The normalized spacial score (nSPS) is 14.5. The predicted octanol–water partition coefficient (Wildman–Crippen LogP) is 1.36. The highest BCUT2D eigenvalue weighted by atomic mass is 16.6. The highest BCUT2D eigenvalue weighted by Gasteiger charge is 2.23. The summed E-state index contributed by atoms with van der Waals surface area (Å²) in [5, 5.41) is 11.2.